The van der Waals surface area contributed by atoms with Crippen molar-refractivity contribution in [1.29, 1.82) is 0 Å². The number of nitrogens with zero attached hydrogens (tertiary/aromatic N) is 3. The van der Waals surface area contributed by atoms with Crippen LogP contribution < -0.4 is 11.3 Å². The number of halogens is 1. The molecule has 6 nitrogen and oxygen atoms in total. The lowest BCUT2D eigenvalue weighted by atomic mass is 10.2. The lowest BCUT2D eigenvalue weighted by Crippen LogP contribution is -2.40. The number of aromatic nitrogens is 2. The predicted octanol–water partition coefficient (Wildman–Crippen LogP) is 0.791. The highest BCUT2D eigenvalue weighted by atomic mass is 19.1. The van der Waals surface area contributed by atoms with E-state index in [-0.39, 0.29) is 17.6 Å². The minimum Gasteiger partial charge on any atom is -0.336 e. The average molecular weight is 304 g/mol. The summed E-state index contributed by atoms with van der Waals surface area (Å²) >= 11 is 0. The molecule has 2 N–H and O–H groups in total. The summed E-state index contributed by atoms with van der Waals surface area (Å²) in [5.41, 5.74) is 5.64. The molecule has 0 radical (unpaired) electrons. The first kappa shape index (κ1) is 15.8. The van der Waals surface area contributed by atoms with Gasteiger partial charge in [-0.15, -0.1) is 0 Å². The molecule has 1 unspecified atom stereocenters. The molecule has 1 heterocycles. The van der Waals surface area contributed by atoms with Crippen LogP contribution >= 0.6 is 0 Å². The van der Waals surface area contributed by atoms with Crippen LogP contribution in [0.5, 0.6) is 0 Å². The molecule has 2 rings (SSSR count). The van der Waals surface area contributed by atoms with E-state index >= 15 is 0 Å². The Hall–Kier alpha value is -2.54. The molecule has 0 saturated carbocycles. The van der Waals surface area contributed by atoms with Crippen molar-refractivity contribution < 1.29 is 9.18 Å². The highest BCUT2D eigenvalue weighted by Gasteiger charge is 2.18. The standard InChI is InChI=1S/C15H17FN4O2/c1-10(9-17)19(2)15(22)13-7-8-14(21)20(18-13)12-5-3-11(16)4-6-12/h3-8,10H,9,17H2,1-2H3. The zero-order valence-corrected chi connectivity index (χ0v) is 12.4. The van der Waals surface area contributed by atoms with Gasteiger partial charge in [-0.3, -0.25) is 9.59 Å². The van der Waals surface area contributed by atoms with Crippen molar-refractivity contribution in [1.82, 2.24) is 14.7 Å². The van der Waals surface area contributed by atoms with E-state index in [1.807, 2.05) is 6.92 Å². The molecule has 1 aromatic carbocycles. The highest BCUT2D eigenvalue weighted by molar-refractivity contribution is 5.92. The molecule has 116 valence electrons. The first-order chi connectivity index (χ1) is 10.4. The van der Waals surface area contributed by atoms with E-state index in [2.05, 4.69) is 5.10 Å². The van der Waals surface area contributed by atoms with Crippen molar-refractivity contribution in [2.45, 2.75) is 13.0 Å². The maximum Gasteiger partial charge on any atom is 0.274 e. The van der Waals surface area contributed by atoms with E-state index in [0.29, 0.717) is 12.2 Å². The molecule has 1 atom stereocenters. The normalized spacial score (nSPS) is 12.0. The fraction of sp³-hybridized carbons (Fsp3) is 0.267. The second kappa shape index (κ2) is 6.48. The van der Waals surface area contributed by atoms with E-state index in [1.165, 1.54) is 41.3 Å². The number of carbonyl (C=O) groups is 1. The topological polar surface area (TPSA) is 81.2 Å². The van der Waals surface area contributed by atoms with Crippen LogP contribution in [-0.4, -0.2) is 40.2 Å². The molecule has 0 bridgehead atoms. The van der Waals surface area contributed by atoms with Crippen molar-refractivity contribution in [2.75, 3.05) is 13.6 Å². The molecule has 1 amide bonds. The second-order valence-corrected chi connectivity index (χ2v) is 4.95. The Morgan fingerprint density at radius 1 is 1.32 bits per heavy atom. The van der Waals surface area contributed by atoms with Gasteiger partial charge in [0.1, 0.15) is 11.5 Å². The van der Waals surface area contributed by atoms with E-state index in [1.54, 1.807) is 7.05 Å². The lowest BCUT2D eigenvalue weighted by Gasteiger charge is -2.23. The van der Waals surface area contributed by atoms with E-state index in [9.17, 15) is 14.0 Å². The van der Waals surface area contributed by atoms with Crippen molar-refractivity contribution in [2.24, 2.45) is 5.73 Å². The zero-order chi connectivity index (χ0) is 16.3. The summed E-state index contributed by atoms with van der Waals surface area (Å²) in [6, 6.07) is 7.75. The number of benzene rings is 1. The minimum absolute atomic E-state index is 0.117. The molecule has 0 aliphatic rings. The van der Waals surface area contributed by atoms with Crippen LogP contribution in [0.25, 0.3) is 5.69 Å². The number of hydrogen-bond acceptors (Lipinski definition) is 4. The zero-order valence-electron chi connectivity index (χ0n) is 12.4. The van der Waals surface area contributed by atoms with Crippen molar-refractivity contribution in [3.63, 3.8) is 0 Å². The molecule has 1 aromatic heterocycles. The van der Waals surface area contributed by atoms with Gasteiger partial charge >= 0.3 is 0 Å². The highest BCUT2D eigenvalue weighted by Crippen LogP contribution is 2.07. The Bertz CT molecular complexity index is 727. The van der Waals surface area contributed by atoms with Crippen LogP contribution in [0.3, 0.4) is 0 Å². The van der Waals surface area contributed by atoms with Crippen LogP contribution in [0, 0.1) is 5.82 Å². The number of likely N-dealkylation sites (N-methyl/N-ethyl adjacent to an activating group) is 1. The summed E-state index contributed by atoms with van der Waals surface area (Å²) in [6.45, 7) is 2.13. The summed E-state index contributed by atoms with van der Waals surface area (Å²) in [7, 11) is 1.62. The van der Waals surface area contributed by atoms with Gasteiger partial charge < -0.3 is 10.6 Å². The van der Waals surface area contributed by atoms with Crippen molar-refractivity contribution in [3.8, 4) is 5.69 Å². The minimum atomic E-state index is -0.416. The Labute approximate surface area is 127 Å². The number of hydrogen-bond donors (Lipinski definition) is 1. The molecule has 0 spiro atoms. The Balaban J connectivity index is 2.41. The predicted molar refractivity (Wildman–Crippen MR) is 80.4 cm³/mol. The molecule has 22 heavy (non-hydrogen) atoms. The maximum absolute atomic E-state index is 13.0. The monoisotopic (exact) mass is 304 g/mol. The van der Waals surface area contributed by atoms with Gasteiger partial charge in [-0.05, 0) is 37.3 Å². The fourth-order valence-corrected chi connectivity index (χ4v) is 1.83. The van der Waals surface area contributed by atoms with Gasteiger partial charge in [-0.25, -0.2) is 4.39 Å². The van der Waals surface area contributed by atoms with E-state index < -0.39 is 11.4 Å². The van der Waals surface area contributed by atoms with Gasteiger partial charge in [0.25, 0.3) is 11.5 Å². The van der Waals surface area contributed by atoms with Crippen LogP contribution in [0.2, 0.25) is 0 Å². The lowest BCUT2D eigenvalue weighted by molar-refractivity contribution is 0.0740. The fourth-order valence-electron chi connectivity index (χ4n) is 1.83. The van der Waals surface area contributed by atoms with E-state index in [0.717, 1.165) is 4.68 Å². The summed E-state index contributed by atoms with van der Waals surface area (Å²) < 4.78 is 14.0. The Kier molecular flexibility index (Phi) is 4.67. The van der Waals surface area contributed by atoms with E-state index in [4.69, 9.17) is 5.73 Å². The molecule has 7 heteroatoms. The Morgan fingerprint density at radius 3 is 2.55 bits per heavy atom. The molecular weight excluding hydrogens is 287 g/mol. The molecule has 2 aromatic rings. The first-order valence-electron chi connectivity index (χ1n) is 6.77. The summed E-state index contributed by atoms with van der Waals surface area (Å²) in [6.07, 6.45) is 0. The number of carbonyl (C=O) groups excluding carboxylic acids is 1. The summed E-state index contributed by atoms with van der Waals surface area (Å²) in [5.74, 6) is -0.755. The largest absolute Gasteiger partial charge is 0.336 e. The second-order valence-electron chi connectivity index (χ2n) is 4.95. The third-order valence-electron chi connectivity index (χ3n) is 3.41. The maximum atomic E-state index is 13.0. The molecule has 0 aliphatic heterocycles. The first-order valence-corrected chi connectivity index (χ1v) is 6.77. The third-order valence-corrected chi connectivity index (χ3v) is 3.41. The SMILES string of the molecule is CC(CN)N(C)C(=O)c1ccc(=O)n(-c2ccc(F)cc2)n1. The smallest absolute Gasteiger partial charge is 0.274 e. The molecule has 0 fully saturated rings. The number of amides is 1. The molecular formula is C15H17FN4O2. The quantitative estimate of drug-likeness (QED) is 0.905. The van der Waals surface area contributed by atoms with Gasteiger partial charge in [-0.2, -0.15) is 9.78 Å². The summed E-state index contributed by atoms with van der Waals surface area (Å²) in [5, 5.41) is 4.06. The van der Waals surface area contributed by atoms with Crippen molar-refractivity contribution >= 4 is 5.91 Å². The van der Waals surface area contributed by atoms with Crippen LogP contribution in [0.4, 0.5) is 4.39 Å². The number of nitrogens with two attached hydrogens (primary N) is 1. The number of rotatable bonds is 4. The molecule has 0 aliphatic carbocycles. The van der Waals surface area contributed by atoms with Crippen LogP contribution in [0.1, 0.15) is 17.4 Å². The molecule has 0 saturated heterocycles. The van der Waals surface area contributed by atoms with Crippen LogP contribution in [-0.2, 0) is 0 Å². The van der Waals surface area contributed by atoms with Gasteiger partial charge in [-0.1, -0.05) is 0 Å². The van der Waals surface area contributed by atoms with Crippen molar-refractivity contribution in [3.05, 3.63) is 58.3 Å². The Morgan fingerprint density at radius 2 is 1.95 bits per heavy atom. The average Bonchev–Trinajstić information content (AvgIpc) is 2.54. The van der Waals surface area contributed by atoms with Gasteiger partial charge in [0, 0.05) is 25.7 Å². The van der Waals surface area contributed by atoms with Gasteiger partial charge in [0.15, 0.2) is 0 Å². The van der Waals surface area contributed by atoms with Gasteiger partial charge in [0.05, 0.1) is 5.69 Å². The van der Waals surface area contributed by atoms with Crippen LogP contribution in [0.15, 0.2) is 41.2 Å². The van der Waals surface area contributed by atoms with Gasteiger partial charge in [0.2, 0.25) is 0 Å². The third kappa shape index (κ3) is 3.20. The summed E-state index contributed by atoms with van der Waals surface area (Å²) in [4.78, 5) is 25.7.